The predicted octanol–water partition coefficient (Wildman–Crippen LogP) is 4.88. The molecule has 2 rings (SSSR count). The summed E-state index contributed by atoms with van der Waals surface area (Å²) in [4.78, 5) is 0. The average molecular weight is 341 g/mol. The fourth-order valence-electron chi connectivity index (χ4n) is 1.56. The zero-order valence-electron chi connectivity index (χ0n) is 11.7. The van der Waals surface area contributed by atoms with E-state index in [4.69, 9.17) is 10.2 Å². The van der Waals surface area contributed by atoms with Gasteiger partial charge in [0.2, 0.25) is 0 Å². The van der Waals surface area contributed by atoms with E-state index in [1.54, 1.807) is 12.1 Å². The summed E-state index contributed by atoms with van der Waals surface area (Å²) in [5, 5.41) is 17.7. The molecule has 21 heavy (non-hydrogen) atoms. The minimum absolute atomic E-state index is 0. The molecule has 0 spiro atoms. The summed E-state index contributed by atoms with van der Waals surface area (Å²) in [5.41, 5.74) is 3.67. The molecule has 0 saturated carbocycles. The van der Waals surface area contributed by atoms with Crippen molar-refractivity contribution < 1.29 is 10.2 Å². The molecular weight excluding hydrogens is 324 g/mol. The summed E-state index contributed by atoms with van der Waals surface area (Å²) in [7, 11) is 0. The maximum atomic E-state index is 9.06. The van der Waals surface area contributed by atoms with Crippen LogP contribution in [0.4, 0.5) is 0 Å². The Bertz CT molecular complexity index is 613. The molecule has 0 aliphatic heterocycles. The lowest BCUT2D eigenvalue weighted by Gasteiger charge is -2.04. The monoisotopic (exact) mass is 340 g/mol. The highest BCUT2D eigenvalue weighted by Crippen LogP contribution is 2.12. The van der Waals surface area contributed by atoms with E-state index in [0.717, 1.165) is 16.7 Å². The van der Waals surface area contributed by atoms with Crippen LogP contribution < -0.4 is 0 Å². The van der Waals surface area contributed by atoms with Crippen LogP contribution in [-0.4, -0.2) is 20.3 Å². The van der Waals surface area contributed by atoms with Gasteiger partial charge in [-0.2, -0.15) is 0 Å². The Morgan fingerprint density at radius 3 is 1.76 bits per heavy atom. The standard InChI is InChI=1S/C9H10OS.C7H6OS.ClH/c1-6-4-3-5-8(7(6)2)9(10)11;8-7(9)6-4-2-1-3-5-6;/h3-5H,1-2H3,(H,10,11);1-5H,(H,8,9);1H. The lowest BCUT2D eigenvalue weighted by atomic mass is 10.0. The molecule has 0 fully saturated rings. The van der Waals surface area contributed by atoms with Gasteiger partial charge in [-0.15, -0.1) is 12.4 Å². The van der Waals surface area contributed by atoms with Crippen LogP contribution >= 0.6 is 36.8 Å². The van der Waals surface area contributed by atoms with Gasteiger partial charge in [0.25, 0.3) is 0 Å². The molecule has 5 heteroatoms. The number of thiocarbonyl (C=S) groups is 2. The number of aliphatic hydroxyl groups is 2. The summed E-state index contributed by atoms with van der Waals surface area (Å²) in [6.45, 7) is 3.95. The molecule has 0 unspecified atom stereocenters. The Hall–Kier alpha value is -1.49. The molecule has 0 atom stereocenters. The van der Waals surface area contributed by atoms with Gasteiger partial charge in [-0.1, -0.05) is 48.5 Å². The van der Waals surface area contributed by atoms with Crippen LogP contribution in [0.3, 0.4) is 0 Å². The van der Waals surface area contributed by atoms with E-state index in [9.17, 15) is 0 Å². The maximum Gasteiger partial charge on any atom is 0.188 e. The molecule has 0 aliphatic rings. The minimum atomic E-state index is -0.0457. The molecule has 2 aromatic rings. The summed E-state index contributed by atoms with van der Waals surface area (Å²) in [6.07, 6.45) is 0. The smallest absolute Gasteiger partial charge is 0.188 e. The molecule has 0 heterocycles. The predicted molar refractivity (Wildman–Crippen MR) is 98.3 cm³/mol. The second-order valence-corrected chi connectivity index (χ2v) is 5.00. The normalized spacial score (nSPS) is 8.86. The number of aliphatic hydroxyl groups excluding tert-OH is 2. The highest BCUT2D eigenvalue weighted by molar-refractivity contribution is 7.80. The Balaban J connectivity index is 0.000000370. The van der Waals surface area contributed by atoms with Gasteiger partial charge in [-0.25, -0.2) is 0 Å². The van der Waals surface area contributed by atoms with Gasteiger partial charge in [0.05, 0.1) is 0 Å². The Kier molecular flexibility index (Phi) is 8.78. The van der Waals surface area contributed by atoms with Crippen molar-refractivity contribution in [3.05, 3.63) is 70.8 Å². The van der Waals surface area contributed by atoms with Gasteiger partial charge in [0, 0.05) is 11.1 Å². The van der Waals surface area contributed by atoms with Crippen molar-refractivity contribution in [3.8, 4) is 0 Å². The molecule has 0 saturated heterocycles. The number of rotatable bonds is 2. The first kappa shape index (κ1) is 19.5. The quantitative estimate of drug-likeness (QED) is 0.764. The number of hydrogen-bond acceptors (Lipinski definition) is 2. The van der Waals surface area contributed by atoms with E-state index in [1.807, 2.05) is 50.2 Å². The lowest BCUT2D eigenvalue weighted by molar-refractivity contribution is 0.570. The molecular formula is C16H17ClO2S2. The first-order valence-electron chi connectivity index (χ1n) is 6.01. The highest BCUT2D eigenvalue weighted by Gasteiger charge is 2.02. The van der Waals surface area contributed by atoms with Crippen molar-refractivity contribution in [2.24, 2.45) is 0 Å². The van der Waals surface area contributed by atoms with Crippen LogP contribution in [0.1, 0.15) is 22.3 Å². The van der Waals surface area contributed by atoms with E-state index in [1.165, 1.54) is 0 Å². The number of aryl methyl sites for hydroxylation is 1. The molecule has 112 valence electrons. The van der Waals surface area contributed by atoms with Crippen LogP contribution in [0.5, 0.6) is 0 Å². The first-order chi connectivity index (χ1) is 9.43. The third kappa shape index (κ3) is 6.21. The van der Waals surface area contributed by atoms with Crippen molar-refractivity contribution in [1.82, 2.24) is 0 Å². The second kappa shape index (κ2) is 9.45. The molecule has 0 aromatic heterocycles. The number of halogens is 1. The molecule has 0 aliphatic carbocycles. The number of hydrogen-bond donors (Lipinski definition) is 2. The third-order valence-corrected chi connectivity index (χ3v) is 3.31. The maximum absolute atomic E-state index is 9.06. The first-order valence-corrected chi connectivity index (χ1v) is 6.83. The van der Waals surface area contributed by atoms with Crippen molar-refractivity contribution in [2.45, 2.75) is 13.8 Å². The van der Waals surface area contributed by atoms with E-state index < -0.39 is 0 Å². The Labute approximate surface area is 141 Å². The van der Waals surface area contributed by atoms with Gasteiger partial charge >= 0.3 is 0 Å². The fourth-order valence-corrected chi connectivity index (χ4v) is 1.92. The van der Waals surface area contributed by atoms with Crippen molar-refractivity contribution >= 4 is 46.9 Å². The van der Waals surface area contributed by atoms with Gasteiger partial charge in [-0.05, 0) is 49.4 Å². The van der Waals surface area contributed by atoms with Crippen LogP contribution in [0.25, 0.3) is 0 Å². The molecule has 2 aromatic carbocycles. The summed E-state index contributed by atoms with van der Waals surface area (Å²) in [6, 6.07) is 14.8. The number of benzene rings is 2. The van der Waals surface area contributed by atoms with Crippen LogP contribution in [0, 0.1) is 13.8 Å². The van der Waals surface area contributed by atoms with Crippen LogP contribution in [0.2, 0.25) is 0 Å². The SMILES string of the molecule is Cc1cccc(C(O)=S)c1C.Cl.OC(=S)c1ccccc1. The average Bonchev–Trinajstić information content (AvgIpc) is 2.43. The van der Waals surface area contributed by atoms with Crippen molar-refractivity contribution in [2.75, 3.05) is 0 Å². The molecule has 0 amide bonds. The minimum Gasteiger partial charge on any atom is -0.499 e. The Morgan fingerprint density at radius 2 is 1.38 bits per heavy atom. The summed E-state index contributed by atoms with van der Waals surface area (Å²) in [5.74, 6) is 0. The fraction of sp³-hybridized carbons (Fsp3) is 0.125. The summed E-state index contributed by atoms with van der Waals surface area (Å²) < 4.78 is 0. The zero-order valence-corrected chi connectivity index (χ0v) is 14.2. The van der Waals surface area contributed by atoms with Gasteiger partial charge in [-0.3, -0.25) is 0 Å². The zero-order chi connectivity index (χ0) is 15.1. The van der Waals surface area contributed by atoms with Crippen molar-refractivity contribution in [3.63, 3.8) is 0 Å². The van der Waals surface area contributed by atoms with E-state index in [0.29, 0.717) is 5.56 Å². The topological polar surface area (TPSA) is 40.5 Å². The molecule has 2 N–H and O–H groups in total. The second-order valence-electron chi connectivity index (χ2n) is 4.22. The van der Waals surface area contributed by atoms with Crippen LogP contribution in [0.15, 0.2) is 48.5 Å². The van der Waals surface area contributed by atoms with Crippen LogP contribution in [-0.2, 0) is 0 Å². The molecule has 2 nitrogen and oxygen atoms in total. The van der Waals surface area contributed by atoms with E-state index in [2.05, 4.69) is 24.4 Å². The molecule has 0 radical (unpaired) electrons. The largest absolute Gasteiger partial charge is 0.499 e. The highest BCUT2D eigenvalue weighted by atomic mass is 35.5. The van der Waals surface area contributed by atoms with E-state index in [-0.39, 0.29) is 22.5 Å². The summed E-state index contributed by atoms with van der Waals surface area (Å²) >= 11 is 9.18. The molecule has 0 bridgehead atoms. The van der Waals surface area contributed by atoms with Crippen molar-refractivity contribution in [1.29, 1.82) is 0 Å². The van der Waals surface area contributed by atoms with E-state index >= 15 is 0 Å². The van der Waals surface area contributed by atoms with Gasteiger partial charge < -0.3 is 10.2 Å². The third-order valence-electron chi connectivity index (χ3n) is 2.86. The van der Waals surface area contributed by atoms with Gasteiger partial charge in [0.15, 0.2) is 10.1 Å². The Morgan fingerprint density at radius 1 is 0.810 bits per heavy atom. The lowest BCUT2D eigenvalue weighted by Crippen LogP contribution is -1.98. The van der Waals surface area contributed by atoms with Gasteiger partial charge in [0.1, 0.15) is 0 Å².